The van der Waals surface area contributed by atoms with Crippen molar-refractivity contribution in [3.8, 4) is 10.4 Å². The van der Waals surface area contributed by atoms with Gasteiger partial charge in [0.15, 0.2) is 5.13 Å². The van der Waals surface area contributed by atoms with E-state index < -0.39 is 0 Å². The van der Waals surface area contributed by atoms with E-state index in [1.165, 1.54) is 37.3 Å². The van der Waals surface area contributed by atoms with Crippen LogP contribution in [0.15, 0.2) is 61.6 Å². The molecule has 2 aliphatic rings. The third kappa shape index (κ3) is 5.61. The van der Waals surface area contributed by atoms with Gasteiger partial charge in [0.05, 0.1) is 4.88 Å². The van der Waals surface area contributed by atoms with Crippen LogP contribution in [0.2, 0.25) is 0 Å². The van der Waals surface area contributed by atoms with Gasteiger partial charge in [0.1, 0.15) is 11.6 Å². The summed E-state index contributed by atoms with van der Waals surface area (Å²) in [4.78, 5) is 18.9. The summed E-state index contributed by atoms with van der Waals surface area (Å²) in [6.07, 6.45) is 10.2. The molecule has 35 heavy (non-hydrogen) atoms. The summed E-state index contributed by atoms with van der Waals surface area (Å²) in [6.45, 7) is 8.38. The van der Waals surface area contributed by atoms with Crippen molar-refractivity contribution >= 4 is 45.0 Å². The van der Waals surface area contributed by atoms with Gasteiger partial charge in [-0.3, -0.25) is 4.90 Å². The Morgan fingerprint density at radius 3 is 2.51 bits per heavy atom. The molecule has 6 rings (SSSR count). The molecule has 0 atom stereocenters. The fourth-order valence-corrected chi connectivity index (χ4v) is 5.02. The van der Waals surface area contributed by atoms with Crippen molar-refractivity contribution in [3.05, 3.63) is 67.1 Å². The quantitative estimate of drug-likeness (QED) is 0.412. The molecule has 1 aromatic carbocycles. The lowest BCUT2D eigenvalue weighted by molar-refractivity contribution is 0.247. The Bertz CT molecular complexity index is 1310. The number of hydrogen-bond acceptors (Lipinski definition) is 8. The predicted octanol–water partition coefficient (Wildman–Crippen LogP) is 4.99. The highest BCUT2D eigenvalue weighted by atomic mass is 32.1. The molecule has 0 bridgehead atoms. The molecular weight excluding hydrogens is 454 g/mol. The van der Waals surface area contributed by atoms with E-state index in [1.807, 2.05) is 37.7 Å². The van der Waals surface area contributed by atoms with Crippen LogP contribution in [-0.2, 0) is 0 Å². The number of benzene rings is 1. The van der Waals surface area contributed by atoms with Gasteiger partial charge in [-0.25, -0.2) is 15.0 Å². The largest absolute Gasteiger partial charge is 0.375 e. The number of thiazole rings is 1. The zero-order valence-electron chi connectivity index (χ0n) is 20.0. The van der Waals surface area contributed by atoms with Gasteiger partial charge in [-0.05, 0) is 53.6 Å². The van der Waals surface area contributed by atoms with Gasteiger partial charge in [0, 0.05) is 63.2 Å². The highest BCUT2D eigenvalue weighted by Gasteiger charge is 2.31. The van der Waals surface area contributed by atoms with E-state index in [-0.39, 0.29) is 0 Å². The monoisotopic (exact) mass is 485 g/mol. The minimum Gasteiger partial charge on any atom is -0.375 e. The lowest BCUT2D eigenvalue weighted by Crippen LogP contribution is -2.47. The first-order valence-corrected chi connectivity index (χ1v) is 12.8. The zero-order chi connectivity index (χ0) is 24.2. The number of nitrogens with two attached hydrogens (primary N) is 1. The number of anilines is 3. The van der Waals surface area contributed by atoms with E-state index in [0.717, 1.165) is 57.5 Å². The lowest BCUT2D eigenvalue weighted by atomic mass is 10.1. The summed E-state index contributed by atoms with van der Waals surface area (Å²) >= 11 is 1.49. The number of nitrogens with one attached hydrogen (secondary N) is 1. The molecule has 3 N–H and O–H groups in total. The molecule has 2 fully saturated rings. The van der Waals surface area contributed by atoms with Crippen molar-refractivity contribution in [3.63, 3.8) is 0 Å². The fraction of sp³-hybridized carbons (Fsp3) is 0.296. The molecule has 180 valence electrons. The zero-order valence-corrected chi connectivity index (χ0v) is 20.8. The number of nitrogen functional groups attached to an aromatic ring is 1. The second-order valence-corrected chi connectivity index (χ2v) is 9.91. The van der Waals surface area contributed by atoms with Gasteiger partial charge in [-0.1, -0.05) is 36.1 Å². The minimum absolute atomic E-state index is 0.593. The Hall–Kier alpha value is -3.49. The number of piperazine rings is 1. The first kappa shape index (κ1) is 23.3. The van der Waals surface area contributed by atoms with Gasteiger partial charge in [-0.15, -0.1) is 0 Å². The third-order valence-electron chi connectivity index (χ3n) is 6.49. The van der Waals surface area contributed by atoms with E-state index in [0.29, 0.717) is 5.13 Å². The molecule has 0 unspecified atom stereocenters. The number of fused-ring (bicyclic) bond motifs is 1. The predicted molar refractivity (Wildman–Crippen MR) is 148 cm³/mol. The lowest BCUT2D eigenvalue weighted by Gasteiger charge is -2.35. The summed E-state index contributed by atoms with van der Waals surface area (Å²) in [6, 6.07) is 13.3. The van der Waals surface area contributed by atoms with Crippen molar-refractivity contribution in [1.82, 2.24) is 19.9 Å². The Labute approximate surface area is 210 Å². The van der Waals surface area contributed by atoms with Crippen LogP contribution in [0.5, 0.6) is 0 Å². The molecule has 8 heteroatoms. The Kier molecular flexibility index (Phi) is 6.92. The van der Waals surface area contributed by atoms with E-state index in [4.69, 9.17) is 5.73 Å². The van der Waals surface area contributed by atoms with Gasteiger partial charge in [0.2, 0.25) is 0 Å². The number of hydrogen-bond donors (Lipinski definition) is 2. The topological polar surface area (TPSA) is 83.2 Å². The maximum Gasteiger partial charge on any atom is 0.180 e. The molecule has 7 nitrogen and oxygen atoms in total. The maximum absolute atomic E-state index is 5.66. The molecular formula is C27H31N7S. The van der Waals surface area contributed by atoms with Crippen LogP contribution in [0.1, 0.15) is 18.4 Å². The molecule has 1 saturated heterocycles. The second kappa shape index (κ2) is 10.4. The van der Waals surface area contributed by atoms with E-state index >= 15 is 0 Å². The van der Waals surface area contributed by atoms with Crippen molar-refractivity contribution < 1.29 is 0 Å². The molecule has 4 heterocycles. The normalized spacial score (nSPS) is 16.0. The number of rotatable bonds is 5. The molecule has 4 aromatic rings. The van der Waals surface area contributed by atoms with Crippen LogP contribution in [0.3, 0.4) is 0 Å². The first-order valence-electron chi connectivity index (χ1n) is 12.0. The van der Waals surface area contributed by atoms with Crippen LogP contribution in [0.4, 0.5) is 16.8 Å². The third-order valence-corrected chi connectivity index (χ3v) is 7.37. The summed E-state index contributed by atoms with van der Waals surface area (Å²) in [5.74, 6) is 1.96. The van der Waals surface area contributed by atoms with E-state index in [9.17, 15) is 0 Å². The van der Waals surface area contributed by atoms with Crippen molar-refractivity contribution in [2.75, 3.05) is 49.2 Å². The van der Waals surface area contributed by atoms with Gasteiger partial charge >= 0.3 is 0 Å². The fourth-order valence-electron chi connectivity index (χ4n) is 4.34. The Morgan fingerprint density at radius 2 is 1.83 bits per heavy atom. The molecule has 0 amide bonds. The summed E-state index contributed by atoms with van der Waals surface area (Å²) in [5.41, 5.74) is 7.94. The maximum atomic E-state index is 5.66. The van der Waals surface area contributed by atoms with E-state index in [1.54, 1.807) is 6.20 Å². The van der Waals surface area contributed by atoms with E-state index in [2.05, 4.69) is 60.9 Å². The standard InChI is InChI=1S/C14H19N3.C13H12N4S/c1-2-12-5-6-15-14(11-12)17-9-7-16(8-10-17)13-3-4-13;1-15-12-5-10-4-8(2-3-9(10)6-16-12)11-7-17-13(14)18-11/h2,5-6,11,13H,1,3-4,7-10H2;2-7H,1H3,(H2,14,17)(H,15,16). The molecule has 3 aromatic heterocycles. The van der Waals surface area contributed by atoms with Gasteiger partial charge in [-0.2, -0.15) is 0 Å². The van der Waals surface area contributed by atoms with Crippen LogP contribution in [-0.4, -0.2) is 59.1 Å². The van der Waals surface area contributed by atoms with Gasteiger partial charge in [0.25, 0.3) is 0 Å². The van der Waals surface area contributed by atoms with Crippen LogP contribution in [0, 0.1) is 0 Å². The molecule has 0 radical (unpaired) electrons. The van der Waals surface area contributed by atoms with Crippen LogP contribution >= 0.6 is 11.3 Å². The number of aromatic nitrogens is 3. The van der Waals surface area contributed by atoms with Gasteiger partial charge < -0.3 is 16.0 Å². The summed E-state index contributed by atoms with van der Waals surface area (Å²) in [5, 5.41) is 5.91. The smallest absolute Gasteiger partial charge is 0.180 e. The SMILES string of the molecule is C=Cc1ccnc(N2CCN(C3CC3)CC2)c1.CNc1cc2cc(-c3cnc(N)s3)ccc2cn1. The average molecular weight is 486 g/mol. The molecule has 0 spiro atoms. The van der Waals surface area contributed by atoms with Crippen molar-refractivity contribution in [2.24, 2.45) is 0 Å². The summed E-state index contributed by atoms with van der Waals surface area (Å²) in [7, 11) is 1.86. The molecule has 1 aliphatic heterocycles. The van der Waals surface area contributed by atoms with Crippen LogP contribution < -0.4 is 16.0 Å². The Morgan fingerprint density at radius 1 is 1.00 bits per heavy atom. The Balaban J connectivity index is 0.000000145. The second-order valence-electron chi connectivity index (χ2n) is 8.85. The average Bonchev–Trinajstić information content (AvgIpc) is 3.68. The first-order chi connectivity index (χ1) is 17.1. The molecule has 1 saturated carbocycles. The molecule has 1 aliphatic carbocycles. The number of pyridine rings is 2. The highest BCUT2D eigenvalue weighted by Crippen LogP contribution is 2.30. The minimum atomic E-state index is 0.593. The summed E-state index contributed by atoms with van der Waals surface area (Å²) < 4.78 is 0. The van der Waals surface area contributed by atoms with Crippen molar-refractivity contribution in [2.45, 2.75) is 18.9 Å². The highest BCUT2D eigenvalue weighted by molar-refractivity contribution is 7.18. The number of nitrogens with zero attached hydrogens (tertiary/aromatic N) is 5. The van der Waals surface area contributed by atoms with Crippen LogP contribution in [0.25, 0.3) is 27.3 Å². The van der Waals surface area contributed by atoms with Crippen molar-refractivity contribution in [1.29, 1.82) is 0 Å².